The molecule has 2 aromatic carbocycles. The van der Waals surface area contributed by atoms with Crippen molar-refractivity contribution in [2.75, 3.05) is 11.9 Å². The number of hydrogen-bond donors (Lipinski definition) is 3. The highest BCUT2D eigenvalue weighted by atomic mass is 19.4. The molecule has 3 N–H and O–H groups in total. The Balaban J connectivity index is 1.83. The Bertz CT molecular complexity index is 1100. The number of carbonyl (C=O) groups excluding carboxylic acids is 3. The Morgan fingerprint density at radius 2 is 1.48 bits per heavy atom. The summed E-state index contributed by atoms with van der Waals surface area (Å²) in [4.78, 5) is 37.2. The monoisotopic (exact) mass is 473 g/mol. The van der Waals surface area contributed by atoms with Crippen molar-refractivity contribution < 1.29 is 40.7 Å². The van der Waals surface area contributed by atoms with Crippen molar-refractivity contribution in [3.05, 3.63) is 54.1 Å². The van der Waals surface area contributed by atoms with Gasteiger partial charge in [-0.1, -0.05) is 42.5 Å². The zero-order chi connectivity index (χ0) is 24.6. The second-order valence-electron chi connectivity index (χ2n) is 7.42. The van der Waals surface area contributed by atoms with E-state index in [-0.39, 0.29) is 5.56 Å². The molecule has 2 unspecified atom stereocenters. The second kappa shape index (κ2) is 8.41. The van der Waals surface area contributed by atoms with Crippen LogP contribution in [0.5, 0.6) is 0 Å². The first-order chi connectivity index (χ1) is 15.3. The molecule has 3 rings (SSSR count). The molecule has 6 nitrogen and oxygen atoms in total. The van der Waals surface area contributed by atoms with E-state index in [1.54, 1.807) is 42.5 Å². The molecule has 0 saturated heterocycles. The number of carbonyl (C=O) groups is 3. The summed E-state index contributed by atoms with van der Waals surface area (Å²) < 4.78 is 77.7. The topological polar surface area (TPSA) is 87.3 Å². The normalized spacial score (nSPS) is 17.5. The molecule has 0 saturated carbocycles. The predicted octanol–water partition coefficient (Wildman–Crippen LogP) is 3.51. The molecule has 0 aliphatic carbocycles. The summed E-state index contributed by atoms with van der Waals surface area (Å²) in [5, 5.41) is 5.72. The molecule has 0 radical (unpaired) electrons. The van der Waals surface area contributed by atoms with E-state index in [2.05, 4.69) is 10.6 Å². The van der Waals surface area contributed by atoms with Gasteiger partial charge in [-0.05, 0) is 24.1 Å². The third kappa shape index (κ3) is 4.64. The molecule has 3 amide bonds. The Morgan fingerprint density at radius 1 is 0.909 bits per heavy atom. The lowest BCUT2D eigenvalue weighted by molar-refractivity contribution is -0.278. The van der Waals surface area contributed by atoms with Gasteiger partial charge in [-0.2, -0.15) is 22.0 Å². The molecule has 2 aromatic rings. The number of nitrogens with one attached hydrogen (secondary N) is 3. The van der Waals surface area contributed by atoms with Gasteiger partial charge in [0.25, 0.3) is 23.4 Å². The molecule has 1 heterocycles. The molecular formula is C21H17F6N3O3. The minimum Gasteiger partial charge on any atom is -0.346 e. The maximum Gasteiger partial charge on any atom is 0.455 e. The molecule has 0 spiro atoms. The lowest BCUT2D eigenvalue weighted by atomic mass is 9.94. The van der Waals surface area contributed by atoms with Crippen LogP contribution in [0.1, 0.15) is 18.5 Å². The number of amides is 3. The first kappa shape index (κ1) is 24.1. The van der Waals surface area contributed by atoms with Crippen molar-refractivity contribution >= 4 is 23.4 Å². The summed E-state index contributed by atoms with van der Waals surface area (Å²) >= 11 is 0. The fraction of sp³-hybridized carbons (Fsp3) is 0.286. The number of benzene rings is 2. The quantitative estimate of drug-likeness (QED) is 0.459. The number of hydrogen-bond acceptors (Lipinski definition) is 3. The van der Waals surface area contributed by atoms with Gasteiger partial charge in [0, 0.05) is 11.3 Å². The van der Waals surface area contributed by atoms with Crippen LogP contribution in [0.25, 0.3) is 11.1 Å². The average Bonchev–Trinajstić information content (AvgIpc) is 2.86. The predicted molar refractivity (Wildman–Crippen MR) is 105 cm³/mol. The second-order valence-corrected chi connectivity index (χ2v) is 7.42. The van der Waals surface area contributed by atoms with Crippen LogP contribution in [0.3, 0.4) is 0 Å². The number of anilines is 1. The van der Waals surface area contributed by atoms with Gasteiger partial charge < -0.3 is 16.0 Å². The van der Waals surface area contributed by atoms with Gasteiger partial charge >= 0.3 is 12.1 Å². The number of alkyl halides is 6. The fourth-order valence-corrected chi connectivity index (χ4v) is 3.14. The van der Waals surface area contributed by atoms with Gasteiger partial charge in [0.1, 0.15) is 6.04 Å². The van der Waals surface area contributed by atoms with Crippen LogP contribution in [0.2, 0.25) is 0 Å². The number of halogens is 6. The lowest BCUT2D eigenvalue weighted by Gasteiger charge is -2.25. The van der Waals surface area contributed by atoms with Crippen LogP contribution in [-0.4, -0.2) is 42.0 Å². The first-order valence-corrected chi connectivity index (χ1v) is 9.47. The maximum absolute atomic E-state index is 14.9. The smallest absolute Gasteiger partial charge is 0.346 e. The zero-order valence-corrected chi connectivity index (χ0v) is 16.9. The van der Waals surface area contributed by atoms with Crippen molar-refractivity contribution in [1.29, 1.82) is 0 Å². The molecule has 0 aromatic heterocycles. The summed E-state index contributed by atoms with van der Waals surface area (Å²) in [5.74, 6) is -9.83. The third-order valence-electron chi connectivity index (χ3n) is 5.02. The van der Waals surface area contributed by atoms with Crippen LogP contribution in [0.4, 0.5) is 32.0 Å². The molecule has 0 fully saturated rings. The van der Waals surface area contributed by atoms with E-state index in [1.807, 2.05) is 0 Å². The largest absolute Gasteiger partial charge is 0.455 e. The van der Waals surface area contributed by atoms with Gasteiger partial charge in [0.15, 0.2) is 0 Å². The highest BCUT2D eigenvalue weighted by molar-refractivity contribution is 6.10. The van der Waals surface area contributed by atoms with Crippen molar-refractivity contribution in [3.63, 3.8) is 0 Å². The molecule has 176 valence electrons. The maximum atomic E-state index is 14.9. The molecule has 33 heavy (non-hydrogen) atoms. The summed E-state index contributed by atoms with van der Waals surface area (Å²) in [7, 11) is 0. The van der Waals surface area contributed by atoms with Crippen LogP contribution < -0.4 is 16.0 Å². The van der Waals surface area contributed by atoms with E-state index in [9.17, 15) is 40.7 Å². The van der Waals surface area contributed by atoms with Crippen molar-refractivity contribution in [2.45, 2.75) is 30.7 Å². The van der Waals surface area contributed by atoms with E-state index in [4.69, 9.17) is 0 Å². The highest BCUT2D eigenvalue weighted by Crippen LogP contribution is 2.37. The zero-order valence-electron chi connectivity index (χ0n) is 16.9. The van der Waals surface area contributed by atoms with Gasteiger partial charge in [0.2, 0.25) is 0 Å². The minimum atomic E-state index is -5.98. The average molecular weight is 473 g/mol. The van der Waals surface area contributed by atoms with Crippen LogP contribution in [0, 0.1) is 0 Å². The van der Waals surface area contributed by atoms with Crippen LogP contribution >= 0.6 is 0 Å². The van der Waals surface area contributed by atoms with E-state index in [0.29, 0.717) is 23.7 Å². The Morgan fingerprint density at radius 3 is 2.12 bits per heavy atom. The summed E-state index contributed by atoms with van der Waals surface area (Å²) in [6.07, 6.45) is -5.98. The molecular weight excluding hydrogens is 456 g/mol. The van der Waals surface area contributed by atoms with E-state index in [0.717, 1.165) is 5.32 Å². The Labute approximate surface area is 183 Å². The SMILES string of the molecule is CC(F)(C(=O)NCC(F)(F)C(F)(F)F)C(=O)NC1C(=O)Nc2ccccc2-c2ccccc21. The van der Waals surface area contributed by atoms with Gasteiger partial charge in [-0.3, -0.25) is 14.4 Å². The standard InChI is InChI=1S/C21H17F6N3O3/c1-19(22,17(32)28-10-20(23,24)21(25,26)27)18(33)30-15-13-8-3-2-6-11(13)12-7-4-5-9-14(12)29-16(15)31/h2-9,15H,10H2,1H3,(H,28,32)(H,29,31)(H,30,33). The van der Waals surface area contributed by atoms with Gasteiger partial charge in [-0.15, -0.1) is 0 Å². The number of rotatable bonds is 5. The third-order valence-corrected chi connectivity index (χ3v) is 5.02. The van der Waals surface area contributed by atoms with E-state index < -0.39 is 48.1 Å². The fourth-order valence-electron chi connectivity index (χ4n) is 3.14. The summed E-state index contributed by atoms with van der Waals surface area (Å²) in [5.41, 5.74) is -1.77. The number of fused-ring (bicyclic) bond motifs is 3. The molecule has 2 atom stereocenters. The summed E-state index contributed by atoms with van der Waals surface area (Å²) in [6, 6.07) is 11.5. The van der Waals surface area contributed by atoms with Gasteiger partial charge in [0.05, 0.1) is 6.54 Å². The molecule has 1 aliphatic rings. The first-order valence-electron chi connectivity index (χ1n) is 9.47. The summed E-state index contributed by atoms with van der Waals surface area (Å²) in [6.45, 7) is -1.87. The molecule has 0 bridgehead atoms. The van der Waals surface area contributed by atoms with Crippen molar-refractivity contribution in [1.82, 2.24) is 10.6 Å². The molecule has 1 aliphatic heterocycles. The Hall–Kier alpha value is -3.57. The lowest BCUT2D eigenvalue weighted by Crippen LogP contribution is -2.56. The van der Waals surface area contributed by atoms with Crippen molar-refractivity contribution in [3.8, 4) is 11.1 Å². The Kier molecular flexibility index (Phi) is 6.14. The van der Waals surface area contributed by atoms with Crippen LogP contribution in [-0.2, 0) is 14.4 Å². The van der Waals surface area contributed by atoms with E-state index >= 15 is 0 Å². The minimum absolute atomic E-state index is 0.258. The number of para-hydroxylation sites is 1. The van der Waals surface area contributed by atoms with Gasteiger partial charge in [-0.25, -0.2) is 4.39 Å². The highest BCUT2D eigenvalue weighted by Gasteiger charge is 2.58. The van der Waals surface area contributed by atoms with E-state index in [1.165, 1.54) is 6.07 Å². The molecule has 12 heteroatoms. The van der Waals surface area contributed by atoms with Crippen molar-refractivity contribution in [2.24, 2.45) is 0 Å². The van der Waals surface area contributed by atoms with Crippen LogP contribution in [0.15, 0.2) is 48.5 Å².